The van der Waals surface area contributed by atoms with E-state index in [0.29, 0.717) is 12.3 Å². The second-order valence-electron chi connectivity index (χ2n) is 8.11. The number of aromatic nitrogens is 2. The molecule has 2 aliphatic rings. The Bertz CT molecular complexity index is 945. The van der Waals surface area contributed by atoms with Crippen LogP contribution < -0.4 is 10.6 Å². The van der Waals surface area contributed by atoms with Gasteiger partial charge >= 0.3 is 0 Å². The third-order valence-electron chi connectivity index (χ3n) is 6.07. The van der Waals surface area contributed by atoms with Gasteiger partial charge in [0.25, 0.3) is 11.8 Å². The number of furan rings is 1. The molecule has 0 bridgehead atoms. The lowest BCUT2D eigenvalue weighted by molar-refractivity contribution is -0.133. The standard InChI is InChI=1S/C21H27N5O4/c1-3-26-19(28)17-16(18(27)22-11-15-9-6-10-30-15)23-13-25(17)12-21(26,2)20(29)24-14-7-4-5-8-14/h6,9-10,13-14H,3-5,7-8,11-12H2,1-2H3,(H,22,27)(H,24,29). The zero-order valence-corrected chi connectivity index (χ0v) is 17.3. The predicted octanol–water partition coefficient (Wildman–Crippen LogP) is 1.70. The summed E-state index contributed by atoms with van der Waals surface area (Å²) < 4.78 is 6.83. The van der Waals surface area contributed by atoms with Crippen LogP contribution in [0.1, 0.15) is 66.3 Å². The average molecular weight is 413 g/mol. The van der Waals surface area contributed by atoms with Gasteiger partial charge in [0.15, 0.2) is 5.69 Å². The molecule has 9 nitrogen and oxygen atoms in total. The molecular weight excluding hydrogens is 386 g/mol. The highest BCUT2D eigenvalue weighted by molar-refractivity contribution is 6.07. The highest BCUT2D eigenvalue weighted by Gasteiger charge is 2.48. The number of hydrogen-bond acceptors (Lipinski definition) is 5. The van der Waals surface area contributed by atoms with E-state index in [1.54, 1.807) is 23.6 Å². The van der Waals surface area contributed by atoms with Crippen molar-refractivity contribution in [1.29, 1.82) is 0 Å². The van der Waals surface area contributed by atoms with Crippen LogP contribution >= 0.6 is 0 Å². The van der Waals surface area contributed by atoms with Crippen molar-refractivity contribution in [3.05, 3.63) is 41.9 Å². The van der Waals surface area contributed by atoms with Crippen LogP contribution in [-0.4, -0.2) is 50.3 Å². The maximum Gasteiger partial charge on any atom is 0.273 e. The molecule has 9 heteroatoms. The summed E-state index contributed by atoms with van der Waals surface area (Å²) in [5.41, 5.74) is -0.771. The van der Waals surface area contributed by atoms with E-state index in [2.05, 4.69) is 15.6 Å². The van der Waals surface area contributed by atoms with Crippen molar-refractivity contribution in [2.75, 3.05) is 6.54 Å². The summed E-state index contributed by atoms with van der Waals surface area (Å²) in [6, 6.07) is 3.65. The minimum Gasteiger partial charge on any atom is -0.467 e. The zero-order chi connectivity index (χ0) is 21.3. The molecule has 2 aromatic rings. The fraction of sp³-hybridized carbons (Fsp3) is 0.524. The SMILES string of the molecule is CCN1C(=O)c2c(C(=O)NCc3ccco3)ncn2CC1(C)C(=O)NC1CCCC1. The molecule has 1 aliphatic heterocycles. The number of nitrogens with one attached hydrogen (secondary N) is 2. The molecule has 0 aromatic carbocycles. The van der Waals surface area contributed by atoms with Crippen LogP contribution in [0.5, 0.6) is 0 Å². The Morgan fingerprint density at radius 3 is 2.77 bits per heavy atom. The van der Waals surface area contributed by atoms with Crippen LogP contribution in [0.15, 0.2) is 29.1 Å². The first-order valence-corrected chi connectivity index (χ1v) is 10.4. The maximum atomic E-state index is 13.3. The molecule has 1 atom stereocenters. The van der Waals surface area contributed by atoms with Crippen molar-refractivity contribution in [2.45, 2.75) is 64.2 Å². The lowest BCUT2D eigenvalue weighted by atomic mass is 9.94. The number of fused-ring (bicyclic) bond motifs is 1. The first kappa shape index (κ1) is 20.2. The fourth-order valence-electron chi connectivity index (χ4n) is 4.42. The first-order chi connectivity index (χ1) is 14.4. The number of nitrogens with zero attached hydrogens (tertiary/aromatic N) is 3. The fourth-order valence-corrected chi connectivity index (χ4v) is 4.42. The molecule has 1 fully saturated rings. The number of hydrogen-bond donors (Lipinski definition) is 2. The molecule has 160 valence electrons. The van der Waals surface area contributed by atoms with Gasteiger partial charge in [-0.1, -0.05) is 12.8 Å². The van der Waals surface area contributed by atoms with Gasteiger partial charge in [0.2, 0.25) is 5.91 Å². The summed E-state index contributed by atoms with van der Waals surface area (Å²) >= 11 is 0. The van der Waals surface area contributed by atoms with Gasteiger partial charge in [-0.25, -0.2) is 4.98 Å². The number of amides is 3. The van der Waals surface area contributed by atoms with Gasteiger partial charge in [0, 0.05) is 12.6 Å². The molecule has 4 rings (SSSR count). The van der Waals surface area contributed by atoms with E-state index in [0.717, 1.165) is 25.7 Å². The number of carbonyl (C=O) groups excluding carboxylic acids is 3. The third-order valence-corrected chi connectivity index (χ3v) is 6.07. The maximum absolute atomic E-state index is 13.3. The summed E-state index contributed by atoms with van der Waals surface area (Å²) in [5.74, 6) is -0.376. The number of rotatable bonds is 6. The van der Waals surface area contributed by atoms with Crippen LogP contribution in [0.25, 0.3) is 0 Å². The van der Waals surface area contributed by atoms with E-state index < -0.39 is 11.4 Å². The second-order valence-corrected chi connectivity index (χ2v) is 8.11. The summed E-state index contributed by atoms with van der Waals surface area (Å²) in [6.45, 7) is 4.41. The Balaban J connectivity index is 1.56. The highest BCUT2D eigenvalue weighted by atomic mass is 16.3. The average Bonchev–Trinajstić information content (AvgIpc) is 3.48. The Kier molecular flexibility index (Phi) is 5.36. The van der Waals surface area contributed by atoms with Gasteiger partial charge in [-0.05, 0) is 38.8 Å². The van der Waals surface area contributed by atoms with Crippen LogP contribution in [-0.2, 0) is 17.9 Å². The molecule has 0 radical (unpaired) electrons. The summed E-state index contributed by atoms with van der Waals surface area (Å²) in [7, 11) is 0. The van der Waals surface area contributed by atoms with E-state index in [1.807, 2.05) is 6.92 Å². The van der Waals surface area contributed by atoms with Crippen LogP contribution in [0, 0.1) is 0 Å². The minimum atomic E-state index is -1.04. The topological polar surface area (TPSA) is 109 Å². The van der Waals surface area contributed by atoms with Gasteiger partial charge in [-0.2, -0.15) is 0 Å². The van der Waals surface area contributed by atoms with E-state index >= 15 is 0 Å². The summed E-state index contributed by atoms with van der Waals surface area (Å²) in [4.78, 5) is 44.8. The van der Waals surface area contributed by atoms with Crippen molar-refractivity contribution in [3.63, 3.8) is 0 Å². The Morgan fingerprint density at radius 2 is 2.10 bits per heavy atom. The molecule has 0 saturated heterocycles. The van der Waals surface area contributed by atoms with Crippen molar-refractivity contribution in [1.82, 2.24) is 25.1 Å². The smallest absolute Gasteiger partial charge is 0.273 e. The monoisotopic (exact) mass is 413 g/mol. The lowest BCUT2D eigenvalue weighted by Gasteiger charge is -2.43. The molecule has 1 saturated carbocycles. The molecule has 1 aliphatic carbocycles. The van der Waals surface area contributed by atoms with Crippen molar-refractivity contribution in [2.24, 2.45) is 0 Å². The molecule has 3 amide bonds. The molecular formula is C21H27N5O4. The summed E-state index contributed by atoms with van der Waals surface area (Å²) in [5, 5.41) is 5.84. The van der Waals surface area contributed by atoms with Gasteiger partial charge in [0.05, 0.1) is 25.7 Å². The van der Waals surface area contributed by atoms with Gasteiger partial charge in [0.1, 0.15) is 17.0 Å². The van der Waals surface area contributed by atoms with Crippen LogP contribution in [0.2, 0.25) is 0 Å². The third kappa shape index (κ3) is 3.48. The molecule has 2 aromatic heterocycles. The quantitative estimate of drug-likeness (QED) is 0.749. The van der Waals surface area contributed by atoms with Crippen molar-refractivity contribution < 1.29 is 18.8 Å². The zero-order valence-electron chi connectivity index (χ0n) is 17.3. The highest BCUT2D eigenvalue weighted by Crippen LogP contribution is 2.29. The normalized spacial score (nSPS) is 21.5. The molecule has 1 unspecified atom stereocenters. The minimum absolute atomic E-state index is 0.0586. The Labute approximate surface area is 174 Å². The predicted molar refractivity (Wildman–Crippen MR) is 108 cm³/mol. The number of imidazole rings is 1. The Morgan fingerprint density at radius 1 is 1.33 bits per heavy atom. The van der Waals surface area contributed by atoms with E-state index in [1.165, 1.54) is 17.5 Å². The van der Waals surface area contributed by atoms with E-state index in [4.69, 9.17) is 4.42 Å². The molecule has 30 heavy (non-hydrogen) atoms. The molecule has 2 N–H and O–H groups in total. The van der Waals surface area contributed by atoms with Crippen molar-refractivity contribution in [3.8, 4) is 0 Å². The van der Waals surface area contributed by atoms with Crippen LogP contribution in [0.3, 0.4) is 0 Å². The van der Waals surface area contributed by atoms with Gasteiger partial charge in [-0.15, -0.1) is 0 Å². The van der Waals surface area contributed by atoms with E-state index in [-0.39, 0.29) is 42.3 Å². The van der Waals surface area contributed by atoms with Gasteiger partial charge in [-0.3, -0.25) is 14.4 Å². The van der Waals surface area contributed by atoms with E-state index in [9.17, 15) is 14.4 Å². The lowest BCUT2D eigenvalue weighted by Crippen LogP contribution is -2.64. The van der Waals surface area contributed by atoms with Gasteiger partial charge < -0.3 is 24.5 Å². The molecule has 0 spiro atoms. The largest absolute Gasteiger partial charge is 0.467 e. The number of likely N-dealkylation sites (N-methyl/N-ethyl adjacent to an activating group) is 1. The summed E-state index contributed by atoms with van der Waals surface area (Å²) in [6.07, 6.45) is 7.15. The van der Waals surface area contributed by atoms with Crippen LogP contribution in [0.4, 0.5) is 0 Å². The Hall–Kier alpha value is -3.10. The first-order valence-electron chi connectivity index (χ1n) is 10.4. The number of carbonyl (C=O) groups is 3. The second kappa shape index (κ2) is 7.97. The molecule has 3 heterocycles. The van der Waals surface area contributed by atoms with Crippen molar-refractivity contribution >= 4 is 17.7 Å².